The second-order valence-corrected chi connectivity index (χ2v) is 9.30. The van der Waals surface area contributed by atoms with E-state index in [1.54, 1.807) is 12.1 Å². The smallest absolute Gasteiger partial charge is 0.280 e. The van der Waals surface area contributed by atoms with Crippen LogP contribution in [-0.4, -0.2) is 11.6 Å². The fraction of sp³-hybridized carbons (Fsp3) is 0.0833. The number of carbonyl (C=O) groups excluding carboxylic acids is 1. The first-order chi connectivity index (χ1) is 17.4. The fourth-order valence-electron chi connectivity index (χ4n) is 3.40. The zero-order valence-electron chi connectivity index (χ0n) is 18.3. The number of amides is 1. The van der Waals surface area contributed by atoms with Gasteiger partial charge in [-0.1, -0.05) is 52.5 Å². The van der Waals surface area contributed by atoms with Gasteiger partial charge >= 0.3 is 0 Å². The summed E-state index contributed by atoms with van der Waals surface area (Å²) < 4.78 is 75.3. The van der Waals surface area contributed by atoms with Crippen LogP contribution in [-0.2, 0) is 11.4 Å². The minimum absolute atomic E-state index is 0.0566. The van der Waals surface area contributed by atoms with E-state index in [4.69, 9.17) is 51.1 Å². The Bertz CT molecular complexity index is 1500. The van der Waals surface area contributed by atoms with E-state index in [0.717, 1.165) is 0 Å². The summed E-state index contributed by atoms with van der Waals surface area (Å²) in [5.74, 6) is -12.3. The van der Waals surface area contributed by atoms with Crippen LogP contribution in [0.5, 0.6) is 5.75 Å². The first kappa shape index (κ1) is 27.2. The van der Waals surface area contributed by atoms with Gasteiger partial charge in [-0.05, 0) is 37.3 Å². The van der Waals surface area contributed by atoms with E-state index in [1.807, 2.05) is 0 Å². The van der Waals surface area contributed by atoms with E-state index in [1.165, 1.54) is 31.2 Å². The lowest BCUT2D eigenvalue weighted by atomic mass is 10.1. The van der Waals surface area contributed by atoms with Gasteiger partial charge in [-0.25, -0.2) is 22.0 Å². The summed E-state index contributed by atoms with van der Waals surface area (Å²) >= 11 is 24.5. The highest BCUT2D eigenvalue weighted by Crippen LogP contribution is 2.38. The van der Waals surface area contributed by atoms with Crippen molar-refractivity contribution in [2.24, 2.45) is 5.10 Å². The summed E-state index contributed by atoms with van der Waals surface area (Å²) in [7, 11) is 0. The number of carbonyl (C=O) groups is 1. The molecule has 1 aliphatic heterocycles. The molecule has 0 radical (unpaired) electrons. The Morgan fingerprint density at radius 1 is 0.865 bits per heavy atom. The molecular formula is C24H11Cl4F5N2O2. The van der Waals surface area contributed by atoms with Crippen LogP contribution in [0.1, 0.15) is 18.1 Å². The zero-order chi connectivity index (χ0) is 27.2. The number of hydrogen-bond donors (Lipinski definition) is 0. The highest BCUT2D eigenvalue weighted by Gasteiger charge is 2.37. The van der Waals surface area contributed by atoms with Crippen molar-refractivity contribution in [1.82, 2.24) is 0 Å². The lowest BCUT2D eigenvalue weighted by Crippen LogP contribution is -2.25. The standard InChI is InChI=1S/C24H11Cl4F5N2O2/c1-9-14(24(36)35(34-9)22-20(32)18(30)17(29)19(31)21(22)33)5-11-4-13(26)7-16(28)23(11)37-8-10-2-3-12(25)6-15(10)27/h2-7H,8H2,1H3/b14-5-. The molecule has 4 nitrogen and oxygen atoms in total. The molecule has 0 bridgehead atoms. The van der Waals surface area contributed by atoms with E-state index in [2.05, 4.69) is 5.10 Å². The molecule has 1 aliphatic rings. The molecule has 1 heterocycles. The summed E-state index contributed by atoms with van der Waals surface area (Å²) in [4.78, 5) is 13.0. The number of halogens is 9. The van der Waals surface area contributed by atoms with Gasteiger partial charge in [0.2, 0.25) is 5.82 Å². The number of nitrogens with zero attached hydrogens (tertiary/aromatic N) is 2. The molecule has 0 aromatic heterocycles. The van der Waals surface area contributed by atoms with E-state index in [0.29, 0.717) is 15.6 Å². The third-order valence-corrected chi connectivity index (χ3v) is 6.27. The molecule has 0 fully saturated rings. The lowest BCUT2D eigenvalue weighted by Gasteiger charge is -2.15. The van der Waals surface area contributed by atoms with Crippen molar-refractivity contribution in [3.05, 3.63) is 96.2 Å². The Kier molecular flexibility index (Phi) is 7.71. The molecule has 4 rings (SSSR count). The van der Waals surface area contributed by atoms with E-state index < -0.39 is 40.7 Å². The molecule has 3 aromatic rings. The van der Waals surface area contributed by atoms with Crippen molar-refractivity contribution < 1.29 is 31.5 Å². The molecule has 1 amide bonds. The Morgan fingerprint density at radius 2 is 1.46 bits per heavy atom. The van der Waals surface area contributed by atoms with Crippen LogP contribution in [0.2, 0.25) is 20.1 Å². The van der Waals surface area contributed by atoms with Crippen LogP contribution in [0, 0.1) is 29.1 Å². The molecule has 0 atom stereocenters. The van der Waals surface area contributed by atoms with Gasteiger partial charge in [0.25, 0.3) is 5.91 Å². The predicted molar refractivity (Wildman–Crippen MR) is 132 cm³/mol. The van der Waals surface area contributed by atoms with Gasteiger partial charge in [0.05, 0.1) is 16.3 Å². The number of benzene rings is 3. The lowest BCUT2D eigenvalue weighted by molar-refractivity contribution is -0.114. The zero-order valence-corrected chi connectivity index (χ0v) is 21.3. The second kappa shape index (κ2) is 10.5. The Hall–Kier alpha value is -2.85. The average Bonchev–Trinajstić information content (AvgIpc) is 3.10. The van der Waals surface area contributed by atoms with Crippen molar-refractivity contribution in [2.45, 2.75) is 13.5 Å². The van der Waals surface area contributed by atoms with Crippen LogP contribution in [0.15, 0.2) is 41.0 Å². The van der Waals surface area contributed by atoms with Crippen molar-refractivity contribution in [1.29, 1.82) is 0 Å². The van der Waals surface area contributed by atoms with Crippen LogP contribution in [0.25, 0.3) is 6.08 Å². The van der Waals surface area contributed by atoms with Gasteiger partial charge in [0.1, 0.15) is 18.0 Å². The minimum atomic E-state index is -2.36. The van der Waals surface area contributed by atoms with Gasteiger partial charge in [-0.3, -0.25) is 4.79 Å². The summed E-state index contributed by atoms with van der Waals surface area (Å²) in [6.07, 6.45) is 1.21. The van der Waals surface area contributed by atoms with Gasteiger partial charge in [-0.15, -0.1) is 0 Å². The maximum atomic E-state index is 14.3. The predicted octanol–water partition coefficient (Wildman–Crippen LogP) is 8.38. The molecule has 0 saturated carbocycles. The quantitative estimate of drug-likeness (QED) is 0.129. The average molecular weight is 596 g/mol. The van der Waals surface area contributed by atoms with Crippen molar-refractivity contribution in [3.8, 4) is 5.75 Å². The summed E-state index contributed by atoms with van der Waals surface area (Å²) in [6.45, 7) is 1.24. The number of anilines is 1. The molecule has 0 aliphatic carbocycles. The highest BCUT2D eigenvalue weighted by molar-refractivity contribution is 6.37. The largest absolute Gasteiger partial charge is 0.487 e. The molecule has 0 unspecified atom stereocenters. The van der Waals surface area contributed by atoms with Crippen molar-refractivity contribution in [2.75, 3.05) is 5.01 Å². The second-order valence-electron chi connectivity index (χ2n) is 7.61. The van der Waals surface area contributed by atoms with Crippen LogP contribution < -0.4 is 9.75 Å². The van der Waals surface area contributed by atoms with Crippen LogP contribution >= 0.6 is 46.4 Å². The molecule has 0 saturated heterocycles. The van der Waals surface area contributed by atoms with E-state index in [9.17, 15) is 26.7 Å². The highest BCUT2D eigenvalue weighted by atomic mass is 35.5. The first-order valence-electron chi connectivity index (χ1n) is 10.1. The molecule has 3 aromatic carbocycles. The number of hydrazone groups is 1. The van der Waals surface area contributed by atoms with Gasteiger partial charge < -0.3 is 4.74 Å². The van der Waals surface area contributed by atoms with E-state index >= 15 is 0 Å². The first-order valence-corrected chi connectivity index (χ1v) is 11.6. The summed E-state index contributed by atoms with van der Waals surface area (Å²) in [5.41, 5.74) is -1.11. The molecular weight excluding hydrogens is 585 g/mol. The number of rotatable bonds is 5. The maximum absolute atomic E-state index is 14.3. The monoisotopic (exact) mass is 594 g/mol. The third-order valence-electron chi connectivity index (χ3n) is 5.19. The normalized spacial score (nSPS) is 14.5. The van der Waals surface area contributed by atoms with Crippen LogP contribution in [0.3, 0.4) is 0 Å². The number of hydrogen-bond acceptors (Lipinski definition) is 3. The van der Waals surface area contributed by atoms with Gasteiger partial charge in [0, 0.05) is 26.2 Å². The Morgan fingerprint density at radius 3 is 2.08 bits per heavy atom. The molecule has 37 heavy (non-hydrogen) atoms. The fourth-order valence-corrected chi connectivity index (χ4v) is 4.43. The van der Waals surface area contributed by atoms with E-state index in [-0.39, 0.29) is 44.3 Å². The molecule has 0 N–H and O–H groups in total. The van der Waals surface area contributed by atoms with Gasteiger partial charge in [0.15, 0.2) is 23.3 Å². The topological polar surface area (TPSA) is 41.9 Å². The maximum Gasteiger partial charge on any atom is 0.280 e. The summed E-state index contributed by atoms with van der Waals surface area (Å²) in [5, 5.41) is 4.75. The van der Waals surface area contributed by atoms with Crippen LogP contribution in [0.4, 0.5) is 27.6 Å². The van der Waals surface area contributed by atoms with Crippen molar-refractivity contribution >= 4 is 69.8 Å². The number of ether oxygens (including phenoxy) is 1. The molecule has 13 heteroatoms. The molecule has 0 spiro atoms. The Balaban J connectivity index is 1.74. The minimum Gasteiger partial charge on any atom is -0.487 e. The van der Waals surface area contributed by atoms with Crippen molar-refractivity contribution in [3.63, 3.8) is 0 Å². The SMILES string of the molecule is CC1=NN(c2c(F)c(F)c(F)c(F)c2F)C(=O)/C1=C\c1cc(Cl)cc(Cl)c1OCc1ccc(Cl)cc1Cl. The van der Waals surface area contributed by atoms with Gasteiger partial charge in [-0.2, -0.15) is 10.1 Å². The summed E-state index contributed by atoms with van der Waals surface area (Å²) in [6, 6.07) is 7.51. The third kappa shape index (κ3) is 5.13. The molecule has 192 valence electrons. The Labute approximate surface area is 226 Å².